The lowest BCUT2D eigenvalue weighted by atomic mass is 10.1. The van der Waals surface area contributed by atoms with E-state index < -0.39 is 0 Å². The van der Waals surface area contributed by atoms with Crippen LogP contribution in [-0.2, 0) is 6.54 Å². The maximum atomic E-state index is 12.8. The fraction of sp³-hybridized carbons (Fsp3) is 0.429. The van der Waals surface area contributed by atoms with Gasteiger partial charge in [0.2, 0.25) is 0 Å². The molecule has 0 spiro atoms. The van der Waals surface area contributed by atoms with Crippen molar-refractivity contribution >= 4 is 6.03 Å². The number of amides is 2. The molecule has 0 radical (unpaired) electrons. The fourth-order valence-corrected chi connectivity index (χ4v) is 3.04. The summed E-state index contributed by atoms with van der Waals surface area (Å²) in [5, 5.41) is 3.10. The zero-order chi connectivity index (χ0) is 19.1. The topological polar surface area (TPSA) is 63.7 Å². The molecule has 144 valence electrons. The molecule has 1 aliphatic rings. The first-order valence-corrected chi connectivity index (χ1v) is 9.51. The Morgan fingerprint density at radius 2 is 1.93 bits per heavy atom. The summed E-state index contributed by atoms with van der Waals surface area (Å²) in [6.45, 7) is 6.62. The summed E-state index contributed by atoms with van der Waals surface area (Å²) >= 11 is 0. The highest BCUT2D eigenvalue weighted by Gasteiger charge is 2.18. The van der Waals surface area contributed by atoms with Gasteiger partial charge in [0.25, 0.3) is 0 Å². The number of hydrogen-bond acceptors (Lipinski definition) is 4. The van der Waals surface area contributed by atoms with E-state index >= 15 is 0 Å². The van der Waals surface area contributed by atoms with Gasteiger partial charge in [0.15, 0.2) is 11.5 Å². The average molecular weight is 369 g/mol. The number of fused-ring (bicyclic) bond motifs is 1. The molecule has 27 heavy (non-hydrogen) atoms. The molecular formula is C21H27N3O3. The predicted octanol–water partition coefficient (Wildman–Crippen LogP) is 3.93. The highest BCUT2D eigenvalue weighted by atomic mass is 16.5. The van der Waals surface area contributed by atoms with Crippen molar-refractivity contribution in [1.82, 2.24) is 15.2 Å². The van der Waals surface area contributed by atoms with Gasteiger partial charge in [-0.25, -0.2) is 4.79 Å². The molecule has 1 N–H and O–H groups in total. The molecule has 6 heteroatoms. The van der Waals surface area contributed by atoms with E-state index in [1.54, 1.807) is 12.4 Å². The van der Waals surface area contributed by atoms with Gasteiger partial charge in [-0.2, -0.15) is 0 Å². The van der Waals surface area contributed by atoms with E-state index in [4.69, 9.17) is 9.47 Å². The van der Waals surface area contributed by atoms with E-state index in [-0.39, 0.29) is 12.1 Å². The predicted molar refractivity (Wildman–Crippen MR) is 104 cm³/mol. The van der Waals surface area contributed by atoms with Gasteiger partial charge in [-0.05, 0) is 48.7 Å². The molecule has 0 unspecified atom stereocenters. The lowest BCUT2D eigenvalue weighted by Crippen LogP contribution is -2.41. The first kappa shape index (κ1) is 19.0. The normalized spacial score (nSPS) is 14.1. The number of benzene rings is 1. The summed E-state index contributed by atoms with van der Waals surface area (Å²) in [6.07, 6.45) is 5.27. The van der Waals surface area contributed by atoms with Crippen molar-refractivity contribution in [3.8, 4) is 11.5 Å². The summed E-state index contributed by atoms with van der Waals surface area (Å²) in [6, 6.07) is 9.51. The minimum Gasteiger partial charge on any atom is -0.490 e. The Bertz CT molecular complexity index is 752. The molecule has 1 atom stereocenters. The lowest BCUT2D eigenvalue weighted by molar-refractivity contribution is 0.192. The highest BCUT2D eigenvalue weighted by molar-refractivity contribution is 5.74. The zero-order valence-electron chi connectivity index (χ0n) is 16.0. The van der Waals surface area contributed by atoms with Crippen molar-refractivity contribution in [1.29, 1.82) is 0 Å². The second-order valence-corrected chi connectivity index (χ2v) is 6.70. The SMILES string of the molecule is CCCN(Cc1ccncc1)C(=O)N[C@H](C)c1ccc2c(c1)OCCCO2. The third-order valence-corrected chi connectivity index (χ3v) is 4.52. The summed E-state index contributed by atoms with van der Waals surface area (Å²) in [4.78, 5) is 18.7. The third-order valence-electron chi connectivity index (χ3n) is 4.52. The minimum atomic E-state index is -0.133. The molecule has 0 fully saturated rings. The van der Waals surface area contributed by atoms with Crippen molar-refractivity contribution in [2.75, 3.05) is 19.8 Å². The van der Waals surface area contributed by atoms with Crippen molar-refractivity contribution < 1.29 is 14.3 Å². The highest BCUT2D eigenvalue weighted by Crippen LogP contribution is 2.32. The molecule has 1 aromatic heterocycles. The summed E-state index contributed by atoms with van der Waals surface area (Å²) in [5.74, 6) is 1.51. The van der Waals surface area contributed by atoms with Crippen LogP contribution in [0.2, 0.25) is 0 Å². The Kier molecular flexibility index (Phi) is 6.52. The van der Waals surface area contributed by atoms with Gasteiger partial charge in [-0.3, -0.25) is 4.98 Å². The first-order valence-electron chi connectivity index (χ1n) is 9.51. The number of hydrogen-bond donors (Lipinski definition) is 1. The Hall–Kier alpha value is -2.76. The number of ether oxygens (including phenoxy) is 2. The molecule has 0 saturated carbocycles. The van der Waals surface area contributed by atoms with Crippen LogP contribution in [0.3, 0.4) is 0 Å². The van der Waals surface area contributed by atoms with Crippen LogP contribution in [0.25, 0.3) is 0 Å². The molecule has 6 nitrogen and oxygen atoms in total. The van der Waals surface area contributed by atoms with E-state index in [0.29, 0.717) is 26.3 Å². The number of urea groups is 1. The van der Waals surface area contributed by atoms with E-state index in [1.807, 2.05) is 42.2 Å². The maximum absolute atomic E-state index is 12.8. The maximum Gasteiger partial charge on any atom is 0.318 e. The van der Waals surface area contributed by atoms with Gasteiger partial charge in [0, 0.05) is 31.9 Å². The molecule has 0 saturated heterocycles. The van der Waals surface area contributed by atoms with Crippen LogP contribution in [0.1, 0.15) is 43.9 Å². The van der Waals surface area contributed by atoms with Crippen LogP contribution in [-0.4, -0.2) is 35.7 Å². The lowest BCUT2D eigenvalue weighted by Gasteiger charge is -2.25. The summed E-state index contributed by atoms with van der Waals surface area (Å²) in [5.41, 5.74) is 2.06. The number of carbonyl (C=O) groups is 1. The minimum absolute atomic E-state index is 0.0757. The monoisotopic (exact) mass is 369 g/mol. The quantitative estimate of drug-likeness (QED) is 0.838. The van der Waals surface area contributed by atoms with Crippen molar-refractivity contribution in [3.05, 3.63) is 53.9 Å². The third kappa shape index (κ3) is 5.12. The molecule has 0 bridgehead atoms. The van der Waals surface area contributed by atoms with Gasteiger partial charge in [0.05, 0.1) is 19.3 Å². The van der Waals surface area contributed by atoms with Crippen molar-refractivity contribution in [2.45, 2.75) is 39.3 Å². The second kappa shape index (κ2) is 9.26. The Balaban J connectivity index is 1.67. The molecule has 1 aliphatic heterocycles. The molecule has 0 aliphatic carbocycles. The van der Waals surface area contributed by atoms with Crippen molar-refractivity contribution in [2.24, 2.45) is 0 Å². The molecule has 2 heterocycles. The average Bonchev–Trinajstić information content (AvgIpc) is 2.93. The fourth-order valence-electron chi connectivity index (χ4n) is 3.04. The number of pyridine rings is 1. The number of carbonyl (C=O) groups excluding carboxylic acids is 1. The molecular weight excluding hydrogens is 342 g/mol. The number of aromatic nitrogens is 1. The first-order chi connectivity index (χ1) is 13.2. The van der Waals surface area contributed by atoms with E-state index in [2.05, 4.69) is 17.2 Å². The Morgan fingerprint density at radius 3 is 2.67 bits per heavy atom. The van der Waals surface area contributed by atoms with E-state index in [1.165, 1.54) is 0 Å². The number of nitrogens with one attached hydrogen (secondary N) is 1. The summed E-state index contributed by atoms with van der Waals surface area (Å²) < 4.78 is 11.4. The zero-order valence-corrected chi connectivity index (χ0v) is 16.0. The van der Waals surface area contributed by atoms with Crippen molar-refractivity contribution in [3.63, 3.8) is 0 Å². The van der Waals surface area contributed by atoms with Gasteiger partial charge in [-0.15, -0.1) is 0 Å². The smallest absolute Gasteiger partial charge is 0.318 e. The number of rotatable bonds is 6. The Labute approximate surface area is 160 Å². The number of nitrogens with zero attached hydrogens (tertiary/aromatic N) is 2. The molecule has 1 aromatic carbocycles. The molecule has 2 amide bonds. The van der Waals surface area contributed by atoms with Crippen LogP contribution in [0.4, 0.5) is 4.79 Å². The van der Waals surface area contributed by atoms with Gasteiger partial charge >= 0.3 is 6.03 Å². The second-order valence-electron chi connectivity index (χ2n) is 6.70. The molecule has 3 rings (SSSR count). The standard InChI is InChI=1S/C21H27N3O3/c1-3-11-24(15-17-7-9-22-10-8-17)21(25)23-16(2)18-5-6-19-20(14-18)27-13-4-12-26-19/h5-10,14,16H,3-4,11-13,15H2,1-2H3,(H,23,25)/t16-/m1/s1. The van der Waals surface area contributed by atoms with E-state index in [0.717, 1.165) is 35.5 Å². The van der Waals surface area contributed by atoms with Crippen LogP contribution in [0.5, 0.6) is 11.5 Å². The van der Waals surface area contributed by atoms with Crippen LogP contribution in [0.15, 0.2) is 42.7 Å². The van der Waals surface area contributed by atoms with E-state index in [9.17, 15) is 4.79 Å². The van der Waals surface area contributed by atoms with Crippen LogP contribution >= 0.6 is 0 Å². The van der Waals surface area contributed by atoms with Crippen LogP contribution < -0.4 is 14.8 Å². The summed E-state index contributed by atoms with van der Waals surface area (Å²) in [7, 11) is 0. The largest absolute Gasteiger partial charge is 0.490 e. The van der Waals surface area contributed by atoms with Crippen LogP contribution in [0, 0.1) is 0 Å². The van der Waals surface area contributed by atoms with Gasteiger partial charge in [-0.1, -0.05) is 13.0 Å². The van der Waals surface area contributed by atoms with Gasteiger partial charge < -0.3 is 19.7 Å². The molecule has 2 aromatic rings. The van der Waals surface area contributed by atoms with Gasteiger partial charge in [0.1, 0.15) is 0 Å². The Morgan fingerprint density at radius 1 is 1.19 bits per heavy atom.